The first kappa shape index (κ1) is 20.1. The van der Waals surface area contributed by atoms with Gasteiger partial charge in [0.05, 0.1) is 18.9 Å². The molecular formula is C18H20F4N4O2. The lowest BCUT2D eigenvalue weighted by Crippen LogP contribution is -2.51. The Morgan fingerprint density at radius 2 is 2.07 bits per heavy atom. The van der Waals surface area contributed by atoms with E-state index in [9.17, 15) is 22.4 Å². The number of aromatic nitrogens is 2. The van der Waals surface area contributed by atoms with Gasteiger partial charge in [-0.25, -0.2) is 0 Å². The lowest BCUT2D eigenvalue weighted by atomic mass is 9.76. The van der Waals surface area contributed by atoms with Crippen molar-refractivity contribution in [1.29, 1.82) is 0 Å². The number of ether oxygens (including phenoxy) is 1. The van der Waals surface area contributed by atoms with E-state index in [0.717, 1.165) is 12.3 Å². The minimum atomic E-state index is -4.56. The van der Waals surface area contributed by atoms with Gasteiger partial charge in [0.1, 0.15) is 5.54 Å². The molecule has 2 N–H and O–H groups in total. The molecular weight excluding hydrogens is 380 g/mol. The number of carbonyl (C=O) groups is 1. The van der Waals surface area contributed by atoms with Crippen LogP contribution in [0.25, 0.3) is 0 Å². The number of methoxy groups -OCH3 is 1. The number of anilines is 1. The quantitative estimate of drug-likeness (QED) is 0.731. The fourth-order valence-electron chi connectivity index (χ4n) is 3.28. The van der Waals surface area contributed by atoms with E-state index in [1.807, 2.05) is 0 Å². The topological polar surface area (TPSA) is 68.2 Å². The van der Waals surface area contributed by atoms with Gasteiger partial charge in [-0.05, 0) is 44.0 Å². The fraction of sp³-hybridized carbons (Fsp3) is 0.444. The van der Waals surface area contributed by atoms with Crippen LogP contribution in [0.5, 0.6) is 5.88 Å². The van der Waals surface area contributed by atoms with Crippen LogP contribution in [-0.2, 0) is 23.1 Å². The van der Waals surface area contributed by atoms with E-state index in [1.165, 1.54) is 23.9 Å². The van der Waals surface area contributed by atoms with Crippen molar-refractivity contribution in [2.24, 2.45) is 0 Å². The van der Waals surface area contributed by atoms with Crippen LogP contribution in [-0.4, -0.2) is 29.8 Å². The molecule has 0 aliphatic heterocycles. The number of hydrogen-bond donors (Lipinski definition) is 2. The molecule has 2 aromatic rings. The summed E-state index contributed by atoms with van der Waals surface area (Å²) in [7, 11) is 2.81. The summed E-state index contributed by atoms with van der Waals surface area (Å²) >= 11 is 0. The summed E-state index contributed by atoms with van der Waals surface area (Å²) in [5.74, 6) is -1.49. The standard InChI is InChI=1S/C18H20F4N4O2/c1-23-9-11-4-5-12(8-13(11)18(20,21)22)24-16(27)17(6-3-7-17)26-10-14(19)15(25-26)28-2/h4-5,8,10,23H,3,6-7,9H2,1-2H3,(H,24,27). The van der Waals surface area contributed by atoms with Gasteiger partial charge < -0.3 is 15.4 Å². The van der Waals surface area contributed by atoms with Crippen molar-refractivity contribution in [2.75, 3.05) is 19.5 Å². The van der Waals surface area contributed by atoms with Gasteiger partial charge in [0.15, 0.2) is 0 Å². The molecule has 1 saturated carbocycles. The van der Waals surface area contributed by atoms with Crippen LogP contribution in [0, 0.1) is 5.82 Å². The van der Waals surface area contributed by atoms with Crippen molar-refractivity contribution in [3.05, 3.63) is 41.3 Å². The SMILES string of the molecule is CNCc1ccc(NC(=O)C2(n3cc(F)c(OC)n3)CCC2)cc1C(F)(F)F. The number of halogens is 4. The molecule has 0 unspecified atom stereocenters. The fourth-order valence-corrected chi connectivity index (χ4v) is 3.28. The molecule has 1 aliphatic carbocycles. The molecule has 10 heteroatoms. The molecule has 1 amide bonds. The van der Waals surface area contributed by atoms with Gasteiger partial charge >= 0.3 is 6.18 Å². The normalized spacial score (nSPS) is 15.8. The molecule has 1 heterocycles. The van der Waals surface area contributed by atoms with Crippen molar-refractivity contribution in [1.82, 2.24) is 15.1 Å². The summed E-state index contributed by atoms with van der Waals surface area (Å²) < 4.78 is 59.8. The van der Waals surface area contributed by atoms with Crippen LogP contribution in [0.2, 0.25) is 0 Å². The van der Waals surface area contributed by atoms with Crippen LogP contribution in [0.4, 0.5) is 23.2 Å². The molecule has 1 fully saturated rings. The van der Waals surface area contributed by atoms with Crippen molar-refractivity contribution < 1.29 is 27.1 Å². The molecule has 3 rings (SSSR count). The summed E-state index contributed by atoms with van der Waals surface area (Å²) in [6.45, 7) is 0.0410. The van der Waals surface area contributed by atoms with Gasteiger partial charge in [-0.15, -0.1) is 5.10 Å². The molecule has 0 saturated heterocycles. The summed E-state index contributed by atoms with van der Waals surface area (Å²) in [5.41, 5.74) is -1.89. The minimum absolute atomic E-state index is 0.0167. The Kier molecular flexibility index (Phi) is 5.33. The molecule has 28 heavy (non-hydrogen) atoms. The molecule has 0 spiro atoms. The van der Waals surface area contributed by atoms with Crippen LogP contribution in [0.3, 0.4) is 0 Å². The van der Waals surface area contributed by atoms with Crippen LogP contribution in [0.1, 0.15) is 30.4 Å². The zero-order valence-electron chi connectivity index (χ0n) is 15.4. The van der Waals surface area contributed by atoms with Crippen molar-refractivity contribution in [3.63, 3.8) is 0 Å². The summed E-state index contributed by atoms with van der Waals surface area (Å²) in [6.07, 6.45) is -1.99. The average molecular weight is 400 g/mol. The van der Waals surface area contributed by atoms with Gasteiger partial charge in [-0.2, -0.15) is 17.6 Å². The predicted octanol–water partition coefficient (Wildman–Crippen LogP) is 3.29. The highest BCUT2D eigenvalue weighted by atomic mass is 19.4. The number of amides is 1. The summed E-state index contributed by atoms with van der Waals surface area (Å²) in [5, 5.41) is 9.17. The smallest absolute Gasteiger partial charge is 0.416 e. The highest BCUT2D eigenvalue weighted by Crippen LogP contribution is 2.41. The second kappa shape index (κ2) is 7.42. The summed E-state index contributed by atoms with van der Waals surface area (Å²) in [4.78, 5) is 12.9. The van der Waals surface area contributed by atoms with Crippen molar-refractivity contribution >= 4 is 11.6 Å². The minimum Gasteiger partial charge on any atom is -0.478 e. The van der Waals surface area contributed by atoms with Crippen LogP contribution >= 0.6 is 0 Å². The van der Waals surface area contributed by atoms with Gasteiger partial charge in [0.25, 0.3) is 11.8 Å². The monoisotopic (exact) mass is 400 g/mol. The molecule has 152 valence electrons. The number of benzene rings is 1. The molecule has 0 bridgehead atoms. The van der Waals surface area contributed by atoms with Gasteiger partial charge in [0, 0.05) is 12.2 Å². The third kappa shape index (κ3) is 3.56. The van der Waals surface area contributed by atoms with E-state index in [-0.39, 0.29) is 23.7 Å². The lowest BCUT2D eigenvalue weighted by Gasteiger charge is -2.40. The molecule has 6 nitrogen and oxygen atoms in total. The first-order valence-electron chi connectivity index (χ1n) is 8.67. The number of carbonyl (C=O) groups excluding carboxylic acids is 1. The zero-order chi connectivity index (χ0) is 20.5. The van der Waals surface area contributed by atoms with Crippen molar-refractivity contribution in [3.8, 4) is 5.88 Å². The van der Waals surface area contributed by atoms with E-state index >= 15 is 0 Å². The van der Waals surface area contributed by atoms with E-state index in [1.54, 1.807) is 7.05 Å². The largest absolute Gasteiger partial charge is 0.478 e. The maximum Gasteiger partial charge on any atom is 0.416 e. The number of rotatable bonds is 6. The predicted molar refractivity (Wildman–Crippen MR) is 93.4 cm³/mol. The van der Waals surface area contributed by atoms with E-state index in [2.05, 4.69) is 15.7 Å². The van der Waals surface area contributed by atoms with Gasteiger partial charge in [-0.1, -0.05) is 6.07 Å². The Balaban J connectivity index is 1.89. The number of nitrogens with zero attached hydrogens (tertiary/aromatic N) is 2. The Morgan fingerprint density at radius 1 is 1.36 bits per heavy atom. The Bertz CT molecular complexity index is 875. The third-order valence-corrected chi connectivity index (χ3v) is 4.91. The number of nitrogens with one attached hydrogen (secondary N) is 2. The van der Waals surface area contributed by atoms with Gasteiger partial charge in [-0.3, -0.25) is 9.48 Å². The van der Waals surface area contributed by atoms with Crippen LogP contribution < -0.4 is 15.4 Å². The summed E-state index contributed by atoms with van der Waals surface area (Å²) in [6, 6.07) is 3.64. The number of alkyl halides is 3. The highest BCUT2D eigenvalue weighted by molar-refractivity contribution is 5.97. The second-order valence-corrected chi connectivity index (χ2v) is 6.67. The van der Waals surface area contributed by atoms with Crippen molar-refractivity contribution in [2.45, 2.75) is 37.5 Å². The van der Waals surface area contributed by atoms with E-state index in [0.29, 0.717) is 19.3 Å². The average Bonchev–Trinajstić information content (AvgIpc) is 2.95. The Labute approximate surface area is 158 Å². The molecule has 1 aromatic heterocycles. The highest BCUT2D eigenvalue weighted by Gasteiger charge is 2.47. The maximum atomic E-state index is 13.8. The molecule has 0 atom stereocenters. The van der Waals surface area contributed by atoms with Crippen LogP contribution in [0.15, 0.2) is 24.4 Å². The first-order valence-corrected chi connectivity index (χ1v) is 8.67. The lowest BCUT2D eigenvalue weighted by molar-refractivity contribution is -0.138. The Morgan fingerprint density at radius 3 is 2.57 bits per heavy atom. The third-order valence-electron chi connectivity index (χ3n) is 4.91. The van der Waals surface area contributed by atoms with Gasteiger partial charge in [0.2, 0.25) is 5.82 Å². The maximum absolute atomic E-state index is 13.8. The molecule has 1 aliphatic rings. The second-order valence-electron chi connectivity index (χ2n) is 6.67. The van der Waals surface area contributed by atoms with E-state index in [4.69, 9.17) is 4.74 Å². The Hall–Kier alpha value is -2.62. The first-order chi connectivity index (χ1) is 13.2. The molecule has 1 aromatic carbocycles. The number of hydrogen-bond acceptors (Lipinski definition) is 4. The molecule has 0 radical (unpaired) electrons. The zero-order valence-corrected chi connectivity index (χ0v) is 15.4. The van der Waals surface area contributed by atoms with E-state index < -0.39 is 29.0 Å².